The molecule has 1 atom stereocenters. The van der Waals surface area contributed by atoms with Crippen molar-refractivity contribution in [1.82, 2.24) is 16.2 Å². The van der Waals surface area contributed by atoms with Gasteiger partial charge in [0.2, 0.25) is 0 Å². The number of carbonyl (C=O) groups is 2. The van der Waals surface area contributed by atoms with Gasteiger partial charge in [-0.3, -0.25) is 5.43 Å². The van der Waals surface area contributed by atoms with Crippen LogP contribution in [0.5, 0.6) is 0 Å². The molecule has 2 amide bonds. The molecule has 1 unspecified atom stereocenters. The summed E-state index contributed by atoms with van der Waals surface area (Å²) in [7, 11) is 0. The number of amides is 2. The van der Waals surface area contributed by atoms with E-state index >= 15 is 0 Å². The summed E-state index contributed by atoms with van der Waals surface area (Å²) in [5.41, 5.74) is 5.93. The number of benzene rings is 1. The zero-order valence-corrected chi connectivity index (χ0v) is 16.1. The third-order valence-corrected chi connectivity index (χ3v) is 3.48. The Morgan fingerprint density at radius 2 is 1.81 bits per heavy atom. The highest BCUT2D eigenvalue weighted by atomic mass is 16.6. The molecule has 1 aromatic rings. The lowest BCUT2D eigenvalue weighted by atomic mass is 10.1. The number of alkyl carbamates (subject to hydrolysis) is 1. The molecule has 0 aromatic heterocycles. The third kappa shape index (κ3) is 10.6. The second-order valence-electron chi connectivity index (χ2n) is 7.01. The van der Waals surface area contributed by atoms with Gasteiger partial charge in [0.25, 0.3) is 0 Å². The summed E-state index contributed by atoms with van der Waals surface area (Å²) in [5.74, 6) is 0. The van der Waals surface area contributed by atoms with Crippen molar-refractivity contribution in [1.29, 1.82) is 0 Å². The summed E-state index contributed by atoms with van der Waals surface area (Å²) in [5, 5.41) is 2.73. The van der Waals surface area contributed by atoms with E-state index in [0.29, 0.717) is 6.54 Å². The summed E-state index contributed by atoms with van der Waals surface area (Å²) in [6.45, 7) is 8.23. The lowest BCUT2D eigenvalue weighted by molar-refractivity contribution is 0.0486. The summed E-state index contributed by atoms with van der Waals surface area (Å²) in [6.07, 6.45) is 1.47. The van der Waals surface area contributed by atoms with Crippen molar-refractivity contribution in [2.75, 3.05) is 6.54 Å². The van der Waals surface area contributed by atoms with Gasteiger partial charge in [0, 0.05) is 12.6 Å². The quantitative estimate of drug-likeness (QED) is 0.460. The summed E-state index contributed by atoms with van der Waals surface area (Å²) >= 11 is 0. The van der Waals surface area contributed by atoms with E-state index in [9.17, 15) is 9.59 Å². The van der Waals surface area contributed by atoms with Crippen molar-refractivity contribution in [2.45, 2.75) is 65.2 Å². The Bertz CT molecular complexity index is 543. The maximum atomic E-state index is 11.7. The minimum Gasteiger partial charge on any atom is -0.445 e. The molecular weight excluding hydrogens is 334 g/mol. The number of ether oxygens (including phenoxy) is 2. The first-order valence-corrected chi connectivity index (χ1v) is 8.99. The molecule has 0 aliphatic carbocycles. The van der Waals surface area contributed by atoms with Crippen molar-refractivity contribution in [3.8, 4) is 0 Å². The zero-order chi connectivity index (χ0) is 19.4. The Morgan fingerprint density at radius 1 is 1.12 bits per heavy atom. The van der Waals surface area contributed by atoms with Crippen molar-refractivity contribution < 1.29 is 19.1 Å². The highest BCUT2D eigenvalue weighted by Crippen LogP contribution is 2.06. The van der Waals surface area contributed by atoms with E-state index in [1.54, 1.807) is 0 Å². The highest BCUT2D eigenvalue weighted by Gasteiger charge is 2.16. The monoisotopic (exact) mass is 365 g/mol. The van der Waals surface area contributed by atoms with E-state index in [1.165, 1.54) is 0 Å². The second-order valence-corrected chi connectivity index (χ2v) is 7.01. The van der Waals surface area contributed by atoms with Crippen LogP contribution in [0.2, 0.25) is 0 Å². The number of hydrogen-bond acceptors (Lipinski definition) is 5. The van der Waals surface area contributed by atoms with E-state index in [1.807, 2.05) is 58.0 Å². The normalized spacial score (nSPS) is 12.2. The molecule has 0 aliphatic heterocycles. The Hall–Kier alpha value is -2.28. The molecule has 0 spiro atoms. The third-order valence-electron chi connectivity index (χ3n) is 3.48. The number of rotatable bonds is 9. The highest BCUT2D eigenvalue weighted by molar-refractivity contribution is 5.67. The van der Waals surface area contributed by atoms with Crippen molar-refractivity contribution in [2.24, 2.45) is 0 Å². The smallest absolute Gasteiger partial charge is 0.422 e. The molecule has 1 aromatic carbocycles. The molecule has 0 fully saturated rings. The summed E-state index contributed by atoms with van der Waals surface area (Å²) in [4.78, 5) is 23.3. The molecule has 0 radical (unpaired) electrons. The van der Waals surface area contributed by atoms with Gasteiger partial charge in [0.05, 0.1) is 0 Å². The van der Waals surface area contributed by atoms with Gasteiger partial charge in [-0.05, 0) is 45.6 Å². The number of hydrogen-bond donors (Lipinski definition) is 3. The molecule has 0 aliphatic rings. The fraction of sp³-hybridized carbons (Fsp3) is 0.579. The van der Waals surface area contributed by atoms with Gasteiger partial charge >= 0.3 is 12.2 Å². The first-order chi connectivity index (χ1) is 12.3. The predicted octanol–water partition coefficient (Wildman–Crippen LogP) is 3.50. The van der Waals surface area contributed by atoms with Crippen molar-refractivity contribution in [3.05, 3.63) is 35.9 Å². The Kier molecular flexibility index (Phi) is 9.51. The average Bonchev–Trinajstić information content (AvgIpc) is 2.58. The molecular formula is C19H31N3O4. The van der Waals surface area contributed by atoms with Crippen LogP contribution < -0.4 is 16.2 Å². The molecule has 7 nitrogen and oxygen atoms in total. The molecule has 3 N–H and O–H groups in total. The molecule has 7 heteroatoms. The van der Waals surface area contributed by atoms with Crippen LogP contribution in [0.3, 0.4) is 0 Å². The van der Waals surface area contributed by atoms with Gasteiger partial charge < -0.3 is 14.8 Å². The van der Waals surface area contributed by atoms with Crippen LogP contribution in [0.4, 0.5) is 9.59 Å². The van der Waals surface area contributed by atoms with E-state index in [2.05, 4.69) is 16.2 Å². The van der Waals surface area contributed by atoms with Crippen LogP contribution in [0.25, 0.3) is 0 Å². The summed E-state index contributed by atoms with van der Waals surface area (Å²) < 4.78 is 10.3. The fourth-order valence-electron chi connectivity index (χ4n) is 2.16. The Labute approximate surface area is 155 Å². The van der Waals surface area contributed by atoms with Crippen LogP contribution in [-0.2, 0) is 16.1 Å². The predicted molar refractivity (Wildman–Crippen MR) is 100 cm³/mol. The number of hydrazine groups is 1. The van der Waals surface area contributed by atoms with Gasteiger partial charge in [-0.1, -0.05) is 37.3 Å². The minimum atomic E-state index is -0.530. The van der Waals surface area contributed by atoms with Crippen molar-refractivity contribution in [3.63, 3.8) is 0 Å². The van der Waals surface area contributed by atoms with Crippen LogP contribution >= 0.6 is 0 Å². The first-order valence-electron chi connectivity index (χ1n) is 8.99. The van der Waals surface area contributed by atoms with Crippen LogP contribution in [0.15, 0.2) is 30.3 Å². The van der Waals surface area contributed by atoms with E-state index < -0.39 is 17.8 Å². The lowest BCUT2D eigenvalue weighted by Gasteiger charge is -2.22. The van der Waals surface area contributed by atoms with Gasteiger partial charge in [-0.15, -0.1) is 0 Å². The Morgan fingerprint density at radius 3 is 2.42 bits per heavy atom. The fourth-order valence-corrected chi connectivity index (χ4v) is 2.16. The molecule has 0 heterocycles. The SMILES string of the molecule is CCC(CCCNC(=O)OCc1ccccc1)NNC(=O)OC(C)(C)C. The van der Waals surface area contributed by atoms with E-state index in [4.69, 9.17) is 9.47 Å². The summed E-state index contributed by atoms with van der Waals surface area (Å²) in [6, 6.07) is 9.63. The van der Waals surface area contributed by atoms with E-state index in [0.717, 1.165) is 24.8 Å². The first kappa shape index (κ1) is 21.8. The van der Waals surface area contributed by atoms with Crippen LogP contribution in [-0.4, -0.2) is 30.4 Å². The topological polar surface area (TPSA) is 88.7 Å². The van der Waals surface area contributed by atoms with Crippen LogP contribution in [0, 0.1) is 0 Å². The second kappa shape index (κ2) is 11.4. The van der Waals surface area contributed by atoms with E-state index in [-0.39, 0.29) is 12.6 Å². The molecule has 0 saturated carbocycles. The van der Waals surface area contributed by atoms with Crippen molar-refractivity contribution >= 4 is 12.2 Å². The molecule has 0 bridgehead atoms. The van der Waals surface area contributed by atoms with Gasteiger partial charge in [0.1, 0.15) is 12.2 Å². The zero-order valence-electron chi connectivity index (χ0n) is 16.1. The van der Waals surface area contributed by atoms with Gasteiger partial charge in [-0.25, -0.2) is 15.0 Å². The molecule has 1 rings (SSSR count). The minimum absolute atomic E-state index is 0.102. The maximum absolute atomic E-state index is 11.7. The van der Waals surface area contributed by atoms with Gasteiger partial charge in [0.15, 0.2) is 0 Å². The Balaban J connectivity index is 2.14. The van der Waals surface area contributed by atoms with Crippen LogP contribution in [0.1, 0.15) is 52.5 Å². The molecule has 146 valence electrons. The average molecular weight is 365 g/mol. The largest absolute Gasteiger partial charge is 0.445 e. The lowest BCUT2D eigenvalue weighted by Crippen LogP contribution is -2.46. The van der Waals surface area contributed by atoms with Gasteiger partial charge in [-0.2, -0.15) is 0 Å². The molecule has 0 saturated heterocycles. The maximum Gasteiger partial charge on any atom is 0.422 e. The number of carbonyl (C=O) groups excluding carboxylic acids is 2. The standard InChI is InChI=1S/C19H31N3O4/c1-5-16(21-22-18(24)26-19(2,3)4)12-9-13-20-17(23)25-14-15-10-7-6-8-11-15/h6-8,10-11,16,21H,5,9,12-14H2,1-4H3,(H,20,23)(H,22,24). The number of nitrogens with one attached hydrogen (secondary N) is 3. The molecule has 26 heavy (non-hydrogen) atoms.